The van der Waals surface area contributed by atoms with Crippen molar-refractivity contribution in [3.05, 3.63) is 21.7 Å². The van der Waals surface area contributed by atoms with Gasteiger partial charge in [-0.1, -0.05) is 32.4 Å². The summed E-state index contributed by atoms with van der Waals surface area (Å²) in [4.78, 5) is 17.5. The zero-order valence-corrected chi connectivity index (χ0v) is 9.93. The molecule has 1 unspecified atom stereocenters. The normalized spacial score (nSPS) is 12.9. The average Bonchev–Trinajstić information content (AvgIpc) is 2.19. The molecule has 0 aliphatic rings. The average molecular weight is 230 g/mol. The number of aromatic nitrogens is 2. The Morgan fingerprint density at radius 3 is 2.80 bits per heavy atom. The van der Waals surface area contributed by atoms with E-state index in [1.165, 1.54) is 6.33 Å². The Morgan fingerprint density at radius 1 is 1.53 bits per heavy atom. The molecule has 1 atom stereocenters. The van der Waals surface area contributed by atoms with Crippen molar-refractivity contribution < 1.29 is 0 Å². The van der Waals surface area contributed by atoms with E-state index in [1.54, 1.807) is 0 Å². The van der Waals surface area contributed by atoms with Crippen LogP contribution in [0.5, 0.6) is 0 Å². The van der Waals surface area contributed by atoms with Gasteiger partial charge >= 0.3 is 0 Å². The summed E-state index contributed by atoms with van der Waals surface area (Å²) in [7, 11) is 0. The van der Waals surface area contributed by atoms with Crippen LogP contribution in [-0.4, -0.2) is 16.5 Å². The summed E-state index contributed by atoms with van der Waals surface area (Å²) in [6.45, 7) is 7.20. The predicted molar refractivity (Wildman–Crippen MR) is 62.4 cm³/mol. The monoisotopic (exact) mass is 229 g/mol. The molecule has 0 aliphatic heterocycles. The van der Waals surface area contributed by atoms with Crippen molar-refractivity contribution in [2.75, 3.05) is 11.9 Å². The second kappa shape index (κ2) is 5.16. The van der Waals surface area contributed by atoms with Crippen LogP contribution in [0.4, 0.5) is 5.82 Å². The van der Waals surface area contributed by atoms with E-state index < -0.39 is 0 Å². The zero-order valence-electron chi connectivity index (χ0n) is 9.17. The first-order valence-electron chi connectivity index (χ1n) is 4.99. The third kappa shape index (κ3) is 3.23. The summed E-state index contributed by atoms with van der Waals surface area (Å²) in [5.74, 6) is 1.54. The van der Waals surface area contributed by atoms with E-state index in [4.69, 9.17) is 11.6 Å². The van der Waals surface area contributed by atoms with Crippen LogP contribution in [0.2, 0.25) is 5.02 Å². The van der Waals surface area contributed by atoms with E-state index in [-0.39, 0.29) is 10.6 Å². The Bertz CT molecular complexity index is 375. The van der Waals surface area contributed by atoms with Gasteiger partial charge in [-0.05, 0) is 11.8 Å². The van der Waals surface area contributed by atoms with Gasteiger partial charge in [0, 0.05) is 6.54 Å². The lowest BCUT2D eigenvalue weighted by Gasteiger charge is -2.16. The number of nitrogens with zero attached hydrogens (tertiary/aromatic N) is 1. The van der Waals surface area contributed by atoms with Crippen LogP contribution in [0.15, 0.2) is 11.1 Å². The van der Waals surface area contributed by atoms with E-state index in [0.717, 1.165) is 6.54 Å². The third-order valence-electron chi connectivity index (χ3n) is 2.53. The molecule has 0 bridgehead atoms. The van der Waals surface area contributed by atoms with Crippen LogP contribution in [0.3, 0.4) is 0 Å². The molecule has 0 saturated carbocycles. The van der Waals surface area contributed by atoms with Crippen molar-refractivity contribution in [3.63, 3.8) is 0 Å². The molecule has 1 rings (SSSR count). The first-order chi connectivity index (χ1) is 7.02. The van der Waals surface area contributed by atoms with E-state index in [9.17, 15) is 4.79 Å². The number of halogens is 1. The summed E-state index contributed by atoms with van der Waals surface area (Å²) >= 11 is 5.79. The Balaban J connectivity index is 2.66. The Kier molecular flexibility index (Phi) is 4.15. The first-order valence-corrected chi connectivity index (χ1v) is 5.37. The molecule has 2 N–H and O–H groups in total. The van der Waals surface area contributed by atoms with Crippen molar-refractivity contribution in [2.24, 2.45) is 11.8 Å². The van der Waals surface area contributed by atoms with Crippen LogP contribution >= 0.6 is 11.6 Å². The van der Waals surface area contributed by atoms with Gasteiger partial charge in [0.05, 0.1) is 6.33 Å². The van der Waals surface area contributed by atoms with Gasteiger partial charge in [-0.25, -0.2) is 4.98 Å². The van der Waals surface area contributed by atoms with Gasteiger partial charge in [0.25, 0.3) is 5.56 Å². The zero-order chi connectivity index (χ0) is 11.4. The van der Waals surface area contributed by atoms with Crippen LogP contribution < -0.4 is 10.9 Å². The van der Waals surface area contributed by atoms with Crippen LogP contribution in [0, 0.1) is 11.8 Å². The van der Waals surface area contributed by atoms with E-state index in [1.807, 2.05) is 0 Å². The fraction of sp³-hybridized carbons (Fsp3) is 0.600. The Morgan fingerprint density at radius 2 is 2.20 bits per heavy atom. The molecule has 0 fully saturated rings. The summed E-state index contributed by atoms with van der Waals surface area (Å²) in [6, 6.07) is 0. The summed E-state index contributed by atoms with van der Waals surface area (Å²) < 4.78 is 0. The smallest absolute Gasteiger partial charge is 0.271 e. The van der Waals surface area contributed by atoms with Gasteiger partial charge < -0.3 is 10.3 Å². The van der Waals surface area contributed by atoms with Crippen molar-refractivity contribution in [2.45, 2.75) is 20.8 Å². The fourth-order valence-electron chi connectivity index (χ4n) is 1.000. The third-order valence-corrected chi connectivity index (χ3v) is 2.88. The van der Waals surface area contributed by atoms with Gasteiger partial charge in [0.2, 0.25) is 0 Å². The van der Waals surface area contributed by atoms with E-state index >= 15 is 0 Å². The standard InChI is InChI=1S/C10H16ClN3O/c1-6(2)7(3)4-12-9-8(11)10(15)14-5-13-9/h5-7H,4H2,1-3H3,(H2,12,13,14,15). The minimum atomic E-state index is -0.314. The number of hydrogen-bond acceptors (Lipinski definition) is 3. The highest BCUT2D eigenvalue weighted by Gasteiger charge is 2.09. The highest BCUT2D eigenvalue weighted by Crippen LogP contribution is 2.15. The highest BCUT2D eigenvalue weighted by molar-refractivity contribution is 6.32. The molecule has 1 heterocycles. The van der Waals surface area contributed by atoms with Gasteiger partial charge in [-0.3, -0.25) is 4.79 Å². The number of H-pyrrole nitrogens is 1. The lowest BCUT2D eigenvalue weighted by molar-refractivity contribution is 0.439. The minimum absolute atomic E-state index is 0.119. The van der Waals surface area contributed by atoms with Gasteiger partial charge in [0.1, 0.15) is 5.02 Å². The quantitative estimate of drug-likeness (QED) is 0.832. The number of aromatic amines is 1. The van der Waals surface area contributed by atoms with Gasteiger partial charge in [-0.2, -0.15) is 0 Å². The lowest BCUT2D eigenvalue weighted by Crippen LogP contribution is -2.19. The molecule has 1 aromatic rings. The van der Waals surface area contributed by atoms with Crippen molar-refractivity contribution in [1.82, 2.24) is 9.97 Å². The molecule has 0 aliphatic carbocycles. The maximum atomic E-state index is 11.2. The van der Waals surface area contributed by atoms with Crippen LogP contribution in [0.25, 0.3) is 0 Å². The molecule has 0 amide bonds. The molecule has 84 valence electrons. The molecule has 1 aromatic heterocycles. The summed E-state index contributed by atoms with van der Waals surface area (Å²) in [5, 5.41) is 3.19. The van der Waals surface area contributed by atoms with Crippen LogP contribution in [-0.2, 0) is 0 Å². The van der Waals surface area contributed by atoms with E-state index in [2.05, 4.69) is 36.1 Å². The van der Waals surface area contributed by atoms with Gasteiger partial charge in [-0.15, -0.1) is 0 Å². The second-order valence-electron chi connectivity index (χ2n) is 4.00. The Hall–Kier alpha value is -1.03. The molecular weight excluding hydrogens is 214 g/mol. The molecule has 0 radical (unpaired) electrons. The Labute approximate surface area is 94.1 Å². The highest BCUT2D eigenvalue weighted by atomic mass is 35.5. The second-order valence-corrected chi connectivity index (χ2v) is 4.37. The largest absolute Gasteiger partial charge is 0.368 e. The maximum Gasteiger partial charge on any atom is 0.271 e. The maximum absolute atomic E-state index is 11.2. The van der Waals surface area contributed by atoms with Crippen molar-refractivity contribution in [1.29, 1.82) is 0 Å². The van der Waals surface area contributed by atoms with Crippen molar-refractivity contribution >= 4 is 17.4 Å². The topological polar surface area (TPSA) is 57.8 Å². The predicted octanol–water partition coefficient (Wildman–Crippen LogP) is 2.13. The SMILES string of the molecule is CC(C)C(C)CNc1nc[nH]c(=O)c1Cl. The molecular formula is C10H16ClN3O. The number of anilines is 1. The molecule has 0 aromatic carbocycles. The molecule has 5 heteroatoms. The summed E-state index contributed by atoms with van der Waals surface area (Å²) in [6.07, 6.45) is 1.34. The number of nitrogens with one attached hydrogen (secondary N) is 2. The molecule has 0 spiro atoms. The lowest BCUT2D eigenvalue weighted by atomic mass is 9.98. The van der Waals surface area contributed by atoms with E-state index in [0.29, 0.717) is 17.7 Å². The molecule has 15 heavy (non-hydrogen) atoms. The van der Waals surface area contributed by atoms with Crippen molar-refractivity contribution in [3.8, 4) is 0 Å². The first kappa shape index (κ1) is 12.0. The molecule has 0 saturated heterocycles. The van der Waals surface area contributed by atoms with Crippen LogP contribution in [0.1, 0.15) is 20.8 Å². The number of rotatable bonds is 4. The fourth-order valence-corrected chi connectivity index (χ4v) is 1.17. The molecule has 4 nitrogen and oxygen atoms in total. The van der Waals surface area contributed by atoms with Gasteiger partial charge in [0.15, 0.2) is 5.82 Å². The summed E-state index contributed by atoms with van der Waals surface area (Å²) in [5.41, 5.74) is -0.314. The minimum Gasteiger partial charge on any atom is -0.368 e. The number of hydrogen-bond donors (Lipinski definition) is 2.